The predicted octanol–water partition coefficient (Wildman–Crippen LogP) is 1.98. The maximum atomic E-state index is 11.2. The molecule has 2 aromatic carbocycles. The van der Waals surface area contributed by atoms with Gasteiger partial charge in [0.2, 0.25) is 0 Å². The molecule has 3 aromatic rings. The Morgan fingerprint density at radius 2 is 1.67 bits per heavy atom. The van der Waals surface area contributed by atoms with E-state index in [9.17, 15) is 19.5 Å². The molecule has 9 nitrogen and oxygen atoms in total. The van der Waals surface area contributed by atoms with Crippen LogP contribution in [0.15, 0.2) is 53.9 Å². The van der Waals surface area contributed by atoms with Gasteiger partial charge < -0.3 is 20.3 Å². The molecular weight excluding hydrogens is 410 g/mol. The number of hydrogen-bond donors (Lipinski definition) is 3. The molecule has 1 aromatic heterocycles. The normalized spacial score (nSPS) is 11.5. The summed E-state index contributed by atoms with van der Waals surface area (Å²) in [5.41, 5.74) is 3.37. The number of amides is 1. The molecule has 0 spiro atoms. The minimum atomic E-state index is -1.73. The lowest BCUT2D eigenvalue weighted by Crippen LogP contribution is -2.45. The summed E-state index contributed by atoms with van der Waals surface area (Å²) in [5.74, 6) is -3.82. The zero-order chi connectivity index (χ0) is 21.5. The minimum absolute atomic E-state index is 0.0540. The molecule has 0 saturated heterocycles. The highest BCUT2D eigenvalue weighted by Crippen LogP contribution is 2.20. The molecule has 0 fully saturated rings. The molecule has 3 N–H and O–H groups in total. The summed E-state index contributed by atoms with van der Waals surface area (Å²) < 4.78 is 9.58. The van der Waals surface area contributed by atoms with Gasteiger partial charge in [-0.15, -0.1) is 5.10 Å². The molecule has 1 atom stereocenters. The van der Waals surface area contributed by atoms with Crippen LogP contribution in [-0.4, -0.2) is 43.7 Å². The van der Waals surface area contributed by atoms with Crippen molar-refractivity contribution in [2.75, 3.05) is 0 Å². The van der Waals surface area contributed by atoms with Crippen LogP contribution in [-0.2, 0) is 27.4 Å². The van der Waals surface area contributed by atoms with Crippen LogP contribution in [0, 0.1) is 0 Å². The van der Waals surface area contributed by atoms with Gasteiger partial charge in [0.25, 0.3) is 0 Å². The summed E-state index contributed by atoms with van der Waals surface area (Å²) in [6.45, 7) is 0.349. The number of carboxylic acid groups (broad SMARTS) is 2. The van der Waals surface area contributed by atoms with Crippen molar-refractivity contribution in [3.05, 3.63) is 65.0 Å². The van der Waals surface area contributed by atoms with E-state index in [0.29, 0.717) is 17.9 Å². The number of ether oxygens (including phenoxy) is 1. The Morgan fingerprint density at radius 1 is 1.00 bits per heavy atom. The number of carbonyl (C=O) groups excluding carboxylic acids is 1. The summed E-state index contributed by atoms with van der Waals surface area (Å²) in [5, 5.41) is 25.6. The van der Waals surface area contributed by atoms with Crippen LogP contribution < -0.4 is 10.1 Å². The second kappa shape index (κ2) is 9.61. The zero-order valence-electron chi connectivity index (χ0n) is 15.5. The fourth-order valence-electron chi connectivity index (χ4n) is 2.61. The van der Waals surface area contributed by atoms with Gasteiger partial charge in [-0.2, -0.15) is 0 Å². The van der Waals surface area contributed by atoms with E-state index in [1.54, 1.807) is 24.3 Å². The highest BCUT2D eigenvalue weighted by atomic mass is 32.1. The van der Waals surface area contributed by atoms with Gasteiger partial charge in [-0.1, -0.05) is 40.9 Å². The van der Waals surface area contributed by atoms with E-state index < -0.39 is 23.9 Å². The van der Waals surface area contributed by atoms with Crippen molar-refractivity contribution in [3.8, 4) is 17.0 Å². The Labute approximate surface area is 175 Å². The number of carboxylic acids is 2. The van der Waals surface area contributed by atoms with Crippen molar-refractivity contribution < 1.29 is 29.3 Å². The van der Waals surface area contributed by atoms with Gasteiger partial charge in [-0.25, -0.2) is 9.59 Å². The second-order valence-corrected chi connectivity index (χ2v) is 6.90. The van der Waals surface area contributed by atoms with E-state index in [-0.39, 0.29) is 6.42 Å². The monoisotopic (exact) mass is 427 g/mol. The highest BCUT2D eigenvalue weighted by Gasteiger charge is 2.23. The fourth-order valence-corrected chi connectivity index (χ4v) is 3.07. The molecule has 0 radical (unpaired) electrons. The van der Waals surface area contributed by atoms with E-state index in [0.717, 1.165) is 16.8 Å². The Morgan fingerprint density at radius 3 is 2.23 bits per heavy atom. The predicted molar refractivity (Wildman–Crippen MR) is 107 cm³/mol. The third-order valence-electron chi connectivity index (χ3n) is 4.18. The maximum Gasteiger partial charge on any atom is 0.394 e. The molecule has 10 heteroatoms. The first kappa shape index (κ1) is 20.9. The summed E-state index contributed by atoms with van der Waals surface area (Å²) in [6, 6.07) is 13.1. The molecule has 0 aliphatic heterocycles. The quantitative estimate of drug-likeness (QED) is 0.464. The smallest absolute Gasteiger partial charge is 0.394 e. The van der Waals surface area contributed by atoms with E-state index >= 15 is 0 Å². The van der Waals surface area contributed by atoms with E-state index in [1.807, 2.05) is 35.0 Å². The maximum absolute atomic E-state index is 11.2. The molecule has 1 amide bonds. The Balaban J connectivity index is 1.55. The first-order valence-corrected chi connectivity index (χ1v) is 9.60. The van der Waals surface area contributed by atoms with Crippen LogP contribution in [0.2, 0.25) is 0 Å². The molecule has 3 rings (SSSR count). The van der Waals surface area contributed by atoms with E-state index in [4.69, 9.17) is 9.84 Å². The van der Waals surface area contributed by atoms with Crippen LogP contribution in [0.5, 0.6) is 5.75 Å². The van der Waals surface area contributed by atoms with Crippen molar-refractivity contribution >= 4 is 29.4 Å². The van der Waals surface area contributed by atoms with Gasteiger partial charge in [0.15, 0.2) is 0 Å². The number of benzene rings is 2. The number of nitrogens with zero attached hydrogens (tertiary/aromatic N) is 2. The van der Waals surface area contributed by atoms with Crippen molar-refractivity contribution in [2.24, 2.45) is 0 Å². The Bertz CT molecular complexity index is 1020. The van der Waals surface area contributed by atoms with Crippen molar-refractivity contribution in [1.29, 1.82) is 0 Å². The number of aromatic nitrogens is 2. The van der Waals surface area contributed by atoms with Crippen LogP contribution in [0.4, 0.5) is 0 Å². The average Bonchev–Trinajstić information content (AvgIpc) is 3.28. The molecule has 0 bridgehead atoms. The summed E-state index contributed by atoms with van der Waals surface area (Å²) >= 11 is 1.29. The first-order chi connectivity index (χ1) is 14.4. The molecule has 30 heavy (non-hydrogen) atoms. The van der Waals surface area contributed by atoms with Gasteiger partial charge in [-0.3, -0.25) is 4.79 Å². The highest BCUT2D eigenvalue weighted by molar-refractivity contribution is 7.03. The van der Waals surface area contributed by atoms with Crippen LogP contribution in [0.1, 0.15) is 11.1 Å². The molecule has 0 aliphatic rings. The van der Waals surface area contributed by atoms with Gasteiger partial charge in [0, 0.05) is 17.4 Å². The summed E-state index contributed by atoms with van der Waals surface area (Å²) in [7, 11) is 0. The number of aliphatic carboxylic acids is 2. The fraction of sp³-hybridized carbons (Fsp3) is 0.150. The SMILES string of the molecule is O=C(O)C(=O)NC(Cc1ccc(OCc2ccc(-c3csnn3)cc2)cc1)C(=O)O. The first-order valence-electron chi connectivity index (χ1n) is 8.77. The minimum Gasteiger partial charge on any atom is -0.489 e. The van der Waals surface area contributed by atoms with Gasteiger partial charge in [0.05, 0.1) is 0 Å². The van der Waals surface area contributed by atoms with Crippen LogP contribution in [0.25, 0.3) is 11.3 Å². The van der Waals surface area contributed by atoms with Gasteiger partial charge in [0.1, 0.15) is 24.1 Å². The molecule has 0 saturated carbocycles. The number of carbonyl (C=O) groups is 3. The number of nitrogens with one attached hydrogen (secondary N) is 1. The Hall–Kier alpha value is -3.79. The lowest BCUT2D eigenvalue weighted by atomic mass is 10.1. The van der Waals surface area contributed by atoms with E-state index in [1.165, 1.54) is 11.5 Å². The van der Waals surface area contributed by atoms with E-state index in [2.05, 4.69) is 9.59 Å². The van der Waals surface area contributed by atoms with Crippen molar-refractivity contribution in [2.45, 2.75) is 19.1 Å². The molecular formula is C20H17N3O6S. The van der Waals surface area contributed by atoms with Gasteiger partial charge >= 0.3 is 17.8 Å². The van der Waals surface area contributed by atoms with Gasteiger partial charge in [-0.05, 0) is 34.8 Å². The molecule has 1 unspecified atom stereocenters. The third kappa shape index (κ3) is 5.61. The van der Waals surface area contributed by atoms with Crippen molar-refractivity contribution in [3.63, 3.8) is 0 Å². The topological polar surface area (TPSA) is 139 Å². The number of hydrogen-bond acceptors (Lipinski definition) is 7. The third-order valence-corrected chi connectivity index (χ3v) is 4.68. The molecule has 0 aliphatic carbocycles. The van der Waals surface area contributed by atoms with Crippen molar-refractivity contribution in [1.82, 2.24) is 14.9 Å². The van der Waals surface area contributed by atoms with Crippen LogP contribution in [0.3, 0.4) is 0 Å². The largest absolute Gasteiger partial charge is 0.489 e. The number of rotatable bonds is 8. The average molecular weight is 427 g/mol. The summed E-state index contributed by atoms with van der Waals surface area (Å²) in [6.07, 6.45) is -0.0540. The standard InChI is InChI=1S/C20H17N3O6S/c24-18(20(27)28)21-16(19(25)26)9-12-3-7-15(8-4-12)29-10-13-1-5-14(6-2-13)17-11-30-23-22-17/h1-8,11,16H,9-10H2,(H,21,24)(H,25,26)(H,27,28). The lowest BCUT2D eigenvalue weighted by molar-refractivity contribution is -0.152. The van der Waals surface area contributed by atoms with Crippen LogP contribution >= 0.6 is 11.5 Å². The summed E-state index contributed by atoms with van der Waals surface area (Å²) in [4.78, 5) is 33.1. The molecule has 1 heterocycles. The lowest BCUT2D eigenvalue weighted by Gasteiger charge is -2.13. The second-order valence-electron chi connectivity index (χ2n) is 6.29. The zero-order valence-corrected chi connectivity index (χ0v) is 16.3. The Kier molecular flexibility index (Phi) is 6.71. The molecule has 154 valence electrons.